The molecule has 35 heavy (non-hydrogen) atoms. The lowest BCUT2D eigenvalue weighted by atomic mass is 10.0. The van der Waals surface area contributed by atoms with Gasteiger partial charge < -0.3 is 15.3 Å². The van der Waals surface area contributed by atoms with Gasteiger partial charge in [0.15, 0.2) is 5.65 Å². The third kappa shape index (κ3) is 4.70. The van der Waals surface area contributed by atoms with Crippen LogP contribution in [0, 0.1) is 17.6 Å². The van der Waals surface area contributed by atoms with E-state index in [0.29, 0.717) is 25.0 Å². The molecule has 1 fully saturated rings. The van der Waals surface area contributed by atoms with Crippen LogP contribution in [0.5, 0.6) is 0 Å². The largest absolute Gasteiger partial charge is 0.408 e. The minimum Gasteiger partial charge on any atom is -0.396 e. The van der Waals surface area contributed by atoms with Crippen molar-refractivity contribution in [2.45, 2.75) is 25.6 Å². The number of nitrogens with zero attached hydrogens (tertiary/aromatic N) is 3. The molecule has 0 radical (unpaired) electrons. The predicted octanol–water partition coefficient (Wildman–Crippen LogP) is 3.16. The van der Waals surface area contributed by atoms with E-state index in [1.54, 1.807) is 5.32 Å². The summed E-state index contributed by atoms with van der Waals surface area (Å²) >= 11 is 0. The molecule has 3 aromatic rings. The van der Waals surface area contributed by atoms with Crippen LogP contribution in [0.4, 0.5) is 27.8 Å². The van der Waals surface area contributed by atoms with Crippen molar-refractivity contribution < 1.29 is 31.9 Å². The van der Waals surface area contributed by atoms with Gasteiger partial charge in [-0.1, -0.05) is 6.92 Å². The van der Waals surface area contributed by atoms with E-state index in [-0.39, 0.29) is 29.2 Å². The topological polar surface area (TPSA) is 87.5 Å². The van der Waals surface area contributed by atoms with Crippen LogP contribution in [0.25, 0.3) is 16.7 Å². The number of rotatable bonds is 6. The van der Waals surface area contributed by atoms with E-state index < -0.39 is 47.2 Å². The number of carbonyl (C=O) groups excluding carboxylic acids is 1. The summed E-state index contributed by atoms with van der Waals surface area (Å²) in [5, 5.41) is 10.9. The maximum atomic E-state index is 14.7. The van der Waals surface area contributed by atoms with Crippen LogP contribution in [-0.4, -0.2) is 52.5 Å². The predicted molar refractivity (Wildman–Crippen MR) is 118 cm³/mol. The average Bonchev–Trinajstić information content (AvgIpc) is 2.76. The van der Waals surface area contributed by atoms with E-state index in [0.717, 1.165) is 22.9 Å². The first-order valence-corrected chi connectivity index (χ1v) is 10.8. The second-order valence-corrected chi connectivity index (χ2v) is 8.31. The van der Waals surface area contributed by atoms with Gasteiger partial charge in [-0.25, -0.2) is 13.8 Å². The molecule has 4 rings (SSSR count). The number of aliphatic hydroxyl groups excluding tert-OH is 1. The van der Waals surface area contributed by atoms with Crippen molar-refractivity contribution in [1.82, 2.24) is 14.9 Å². The SMILES string of the molecule is CCC(NC(=O)c1cn(-c2ccc(F)cc2F)c2nc(N3CC(CO)C3)ccc2c1=O)C(F)(F)F. The highest BCUT2D eigenvalue weighted by Crippen LogP contribution is 2.27. The lowest BCUT2D eigenvalue weighted by molar-refractivity contribution is -0.153. The summed E-state index contributed by atoms with van der Waals surface area (Å²) in [6, 6.07) is 3.29. The highest BCUT2D eigenvalue weighted by molar-refractivity contribution is 5.97. The number of anilines is 1. The number of aliphatic hydroxyl groups is 1. The van der Waals surface area contributed by atoms with Crippen molar-refractivity contribution in [2.24, 2.45) is 5.92 Å². The lowest BCUT2D eigenvalue weighted by Crippen LogP contribution is -2.48. The summed E-state index contributed by atoms with van der Waals surface area (Å²) in [6.45, 7) is 2.22. The monoisotopic (exact) mass is 496 g/mol. The second-order valence-electron chi connectivity index (χ2n) is 8.31. The molecule has 2 aromatic heterocycles. The number of nitrogens with one attached hydrogen (secondary N) is 1. The van der Waals surface area contributed by atoms with Gasteiger partial charge in [-0.15, -0.1) is 0 Å². The maximum absolute atomic E-state index is 14.7. The summed E-state index contributed by atoms with van der Waals surface area (Å²) in [5.74, 6) is -2.71. The van der Waals surface area contributed by atoms with Gasteiger partial charge in [0.25, 0.3) is 5.91 Å². The molecule has 186 valence electrons. The summed E-state index contributed by atoms with van der Waals surface area (Å²) < 4.78 is 68.8. The molecule has 3 heterocycles. The van der Waals surface area contributed by atoms with E-state index in [1.165, 1.54) is 19.1 Å². The third-order valence-corrected chi connectivity index (χ3v) is 5.90. The van der Waals surface area contributed by atoms with Gasteiger partial charge in [0.05, 0.1) is 11.1 Å². The number of benzene rings is 1. The van der Waals surface area contributed by atoms with Crippen LogP contribution in [0.1, 0.15) is 23.7 Å². The maximum Gasteiger partial charge on any atom is 0.408 e. The Labute approximate surface area is 195 Å². The van der Waals surface area contributed by atoms with Crippen LogP contribution in [0.2, 0.25) is 0 Å². The standard InChI is InChI=1S/C23H21F5N4O3/c1-2-18(23(26,27)28)29-22(35)15-10-32(17-5-3-13(24)7-16(17)25)21-14(20(15)34)4-6-19(30-21)31-8-12(9-31)11-33/h3-7,10,12,18,33H,2,8-9,11H2,1H3,(H,29,35). The first-order valence-electron chi connectivity index (χ1n) is 10.8. The zero-order valence-electron chi connectivity index (χ0n) is 18.4. The van der Waals surface area contributed by atoms with E-state index in [2.05, 4.69) is 4.98 Å². The first-order chi connectivity index (χ1) is 16.5. The highest BCUT2D eigenvalue weighted by Gasteiger charge is 2.39. The fraction of sp³-hybridized carbons (Fsp3) is 0.348. The Morgan fingerprint density at radius 2 is 1.94 bits per heavy atom. The normalized spacial score (nSPS) is 15.2. The molecule has 1 atom stereocenters. The minimum atomic E-state index is -4.73. The number of amides is 1. The Hall–Kier alpha value is -3.54. The molecule has 1 aliphatic heterocycles. The number of aromatic nitrogens is 2. The molecular formula is C23H21F5N4O3. The fourth-order valence-corrected chi connectivity index (χ4v) is 3.92. The zero-order valence-corrected chi connectivity index (χ0v) is 18.4. The average molecular weight is 496 g/mol. The Balaban J connectivity index is 1.87. The molecule has 1 aliphatic rings. The first kappa shape index (κ1) is 24.6. The quantitative estimate of drug-likeness (QED) is 0.512. The van der Waals surface area contributed by atoms with Crippen LogP contribution in [0.3, 0.4) is 0 Å². The summed E-state index contributed by atoms with van der Waals surface area (Å²) in [7, 11) is 0. The molecule has 0 bridgehead atoms. The number of hydrogen-bond acceptors (Lipinski definition) is 5. The van der Waals surface area contributed by atoms with Gasteiger partial charge in [0.1, 0.15) is 29.1 Å². The Morgan fingerprint density at radius 1 is 1.23 bits per heavy atom. The zero-order chi connectivity index (χ0) is 25.5. The number of carbonyl (C=O) groups is 1. The van der Waals surface area contributed by atoms with Crippen molar-refractivity contribution >= 4 is 22.8 Å². The number of halogens is 5. The highest BCUT2D eigenvalue weighted by atomic mass is 19.4. The van der Waals surface area contributed by atoms with Crippen molar-refractivity contribution in [3.63, 3.8) is 0 Å². The Kier molecular flexibility index (Phi) is 6.50. The smallest absolute Gasteiger partial charge is 0.396 e. The van der Waals surface area contributed by atoms with E-state index in [9.17, 15) is 36.6 Å². The van der Waals surface area contributed by atoms with Crippen LogP contribution >= 0.6 is 0 Å². The number of hydrogen-bond donors (Lipinski definition) is 2. The lowest BCUT2D eigenvalue weighted by Gasteiger charge is -2.39. The van der Waals surface area contributed by atoms with Gasteiger partial charge in [-0.3, -0.25) is 14.2 Å². The van der Waals surface area contributed by atoms with Crippen molar-refractivity contribution in [2.75, 3.05) is 24.6 Å². The molecule has 0 spiro atoms. The number of fused-ring (bicyclic) bond motifs is 1. The van der Waals surface area contributed by atoms with Crippen molar-refractivity contribution in [1.29, 1.82) is 0 Å². The molecule has 1 aromatic carbocycles. The summed E-state index contributed by atoms with van der Waals surface area (Å²) in [4.78, 5) is 32.0. The molecule has 0 aliphatic carbocycles. The van der Waals surface area contributed by atoms with Crippen LogP contribution < -0.4 is 15.6 Å². The Morgan fingerprint density at radius 3 is 2.54 bits per heavy atom. The molecule has 12 heteroatoms. The van der Waals surface area contributed by atoms with Crippen LogP contribution in [0.15, 0.2) is 41.3 Å². The minimum absolute atomic E-state index is 0.00919. The van der Waals surface area contributed by atoms with Gasteiger partial charge in [-0.2, -0.15) is 13.2 Å². The van der Waals surface area contributed by atoms with E-state index in [4.69, 9.17) is 0 Å². The van der Waals surface area contributed by atoms with E-state index >= 15 is 0 Å². The number of alkyl halides is 3. The van der Waals surface area contributed by atoms with Gasteiger partial charge >= 0.3 is 6.18 Å². The van der Waals surface area contributed by atoms with Gasteiger partial charge in [0, 0.05) is 37.9 Å². The number of pyridine rings is 2. The van der Waals surface area contributed by atoms with Crippen LogP contribution in [-0.2, 0) is 0 Å². The summed E-state index contributed by atoms with van der Waals surface area (Å²) in [6.07, 6.45) is -4.29. The van der Waals surface area contributed by atoms with Crippen molar-refractivity contribution in [3.05, 3.63) is 63.9 Å². The Bertz CT molecular complexity index is 1340. The fourth-order valence-electron chi connectivity index (χ4n) is 3.92. The molecule has 1 amide bonds. The molecule has 0 saturated carbocycles. The molecule has 7 nitrogen and oxygen atoms in total. The molecule has 2 N–H and O–H groups in total. The molecule has 1 saturated heterocycles. The second kappa shape index (κ2) is 9.25. The van der Waals surface area contributed by atoms with E-state index in [1.807, 2.05) is 4.90 Å². The van der Waals surface area contributed by atoms with Crippen molar-refractivity contribution in [3.8, 4) is 5.69 Å². The molecule has 1 unspecified atom stereocenters. The summed E-state index contributed by atoms with van der Waals surface area (Å²) in [5.41, 5.74) is -1.85. The third-order valence-electron chi connectivity index (χ3n) is 5.90. The molecular weight excluding hydrogens is 475 g/mol. The van der Waals surface area contributed by atoms with Gasteiger partial charge in [0.2, 0.25) is 5.43 Å². The van der Waals surface area contributed by atoms with Gasteiger partial charge in [-0.05, 0) is 30.7 Å².